The fraction of sp³-hybridized carbons (Fsp3) is 0.481. The van der Waals surface area contributed by atoms with Crippen LogP contribution in [0.25, 0.3) is 0 Å². The molecule has 2 saturated heterocycles. The van der Waals surface area contributed by atoms with E-state index in [2.05, 4.69) is 10.2 Å². The number of halogens is 1. The first-order chi connectivity index (χ1) is 16.7. The van der Waals surface area contributed by atoms with Crippen LogP contribution in [0.2, 0.25) is 0 Å². The second-order valence-corrected chi connectivity index (χ2v) is 12.0. The highest BCUT2D eigenvalue weighted by molar-refractivity contribution is 7.90. The largest absolute Gasteiger partial charge is 0.349 e. The molecule has 1 unspecified atom stereocenters. The lowest BCUT2D eigenvalue weighted by Gasteiger charge is -2.38. The summed E-state index contributed by atoms with van der Waals surface area (Å²) in [5, 5.41) is 3.07. The maximum Gasteiger partial charge on any atom is 0.229 e. The van der Waals surface area contributed by atoms with Gasteiger partial charge >= 0.3 is 0 Å². The molecule has 2 aliphatic rings. The third kappa shape index (κ3) is 6.66. The maximum atomic E-state index is 13.4. The van der Waals surface area contributed by atoms with Gasteiger partial charge in [-0.3, -0.25) is 9.59 Å². The van der Waals surface area contributed by atoms with Gasteiger partial charge in [-0.05, 0) is 62.0 Å². The minimum atomic E-state index is -3.22. The number of benzene rings is 2. The Morgan fingerprint density at radius 2 is 1.61 bits per heavy atom. The third-order valence-electron chi connectivity index (χ3n) is 7.45. The van der Waals surface area contributed by atoms with E-state index in [4.69, 9.17) is 0 Å². The van der Waals surface area contributed by atoms with Gasteiger partial charge in [0.05, 0.1) is 16.4 Å². The Morgan fingerprint density at radius 3 is 2.19 bits per heavy atom. The summed E-state index contributed by atoms with van der Waals surface area (Å²) in [6.07, 6.45) is 4.61. The highest BCUT2D eigenvalue weighted by Crippen LogP contribution is 2.42. The van der Waals surface area contributed by atoms with Gasteiger partial charge in [-0.2, -0.15) is 0 Å². The number of rotatable bonds is 8. The molecule has 2 aromatic carbocycles. The summed E-state index contributed by atoms with van der Waals surface area (Å²) in [7, 11) is -3.22. The molecule has 2 heterocycles. The van der Waals surface area contributed by atoms with Gasteiger partial charge in [0.15, 0.2) is 9.84 Å². The van der Waals surface area contributed by atoms with E-state index in [0.29, 0.717) is 11.4 Å². The lowest BCUT2D eigenvalue weighted by atomic mass is 9.77. The zero-order valence-corrected chi connectivity index (χ0v) is 22.6. The van der Waals surface area contributed by atoms with Gasteiger partial charge in [0.1, 0.15) is 0 Å². The van der Waals surface area contributed by atoms with Crippen molar-refractivity contribution < 1.29 is 18.0 Å². The molecule has 7 nitrogen and oxygen atoms in total. The molecule has 2 fully saturated rings. The van der Waals surface area contributed by atoms with Gasteiger partial charge in [0.2, 0.25) is 11.8 Å². The molecule has 1 spiro atoms. The number of nitrogens with zero attached hydrogens (tertiary/aromatic N) is 2. The van der Waals surface area contributed by atoms with Gasteiger partial charge in [-0.25, -0.2) is 8.42 Å². The maximum absolute atomic E-state index is 13.4. The second-order valence-electron chi connectivity index (χ2n) is 9.97. The number of hydrogen-bond donors (Lipinski definition) is 1. The van der Waals surface area contributed by atoms with Crippen molar-refractivity contribution in [2.75, 3.05) is 32.4 Å². The predicted molar refractivity (Wildman–Crippen MR) is 143 cm³/mol. The molecule has 2 aliphatic heterocycles. The molecule has 0 saturated carbocycles. The van der Waals surface area contributed by atoms with Gasteiger partial charge < -0.3 is 15.1 Å². The third-order valence-corrected chi connectivity index (χ3v) is 8.58. The first kappa shape index (κ1) is 28.2. The average Bonchev–Trinajstić information content (AvgIpc) is 3.12. The number of nitrogens with one attached hydrogen (secondary N) is 1. The summed E-state index contributed by atoms with van der Waals surface area (Å²) >= 11 is 0. The second kappa shape index (κ2) is 11.8. The minimum absolute atomic E-state index is 0. The van der Waals surface area contributed by atoms with E-state index >= 15 is 0 Å². The molecule has 9 heteroatoms. The van der Waals surface area contributed by atoms with E-state index in [1.807, 2.05) is 35.2 Å². The Kier molecular flexibility index (Phi) is 9.19. The van der Waals surface area contributed by atoms with E-state index in [0.717, 1.165) is 63.0 Å². The lowest BCUT2D eigenvalue weighted by Crippen LogP contribution is -2.45. The topological polar surface area (TPSA) is 86.8 Å². The molecular formula is C27H36ClN3O4S. The number of piperidine rings is 1. The molecule has 1 atom stereocenters. The molecule has 36 heavy (non-hydrogen) atoms. The lowest BCUT2D eigenvalue weighted by molar-refractivity contribution is -0.139. The van der Waals surface area contributed by atoms with Crippen molar-refractivity contribution in [3.8, 4) is 0 Å². The molecule has 0 bridgehead atoms. The van der Waals surface area contributed by atoms with Crippen LogP contribution in [0.3, 0.4) is 0 Å². The van der Waals surface area contributed by atoms with Crippen molar-refractivity contribution in [2.45, 2.75) is 50.1 Å². The Bertz CT molecular complexity index is 1150. The first-order valence-corrected chi connectivity index (χ1v) is 14.2. The first-order valence-electron chi connectivity index (χ1n) is 12.3. The summed E-state index contributed by atoms with van der Waals surface area (Å²) in [4.78, 5) is 29.7. The van der Waals surface area contributed by atoms with Crippen molar-refractivity contribution in [1.82, 2.24) is 15.1 Å². The van der Waals surface area contributed by atoms with E-state index in [1.54, 1.807) is 31.2 Å². The van der Waals surface area contributed by atoms with Crippen molar-refractivity contribution in [1.29, 1.82) is 0 Å². The molecule has 0 radical (unpaired) electrons. The molecule has 2 amide bonds. The highest BCUT2D eigenvalue weighted by atomic mass is 35.5. The van der Waals surface area contributed by atoms with Crippen molar-refractivity contribution in [2.24, 2.45) is 5.41 Å². The smallest absolute Gasteiger partial charge is 0.229 e. The van der Waals surface area contributed by atoms with E-state index < -0.39 is 9.84 Å². The van der Waals surface area contributed by atoms with Crippen LogP contribution in [0.15, 0.2) is 59.5 Å². The summed E-state index contributed by atoms with van der Waals surface area (Å²) in [6.45, 7) is 5.45. The monoisotopic (exact) mass is 533 g/mol. The van der Waals surface area contributed by atoms with Gasteiger partial charge in [0, 0.05) is 32.8 Å². The van der Waals surface area contributed by atoms with Crippen LogP contribution in [0.5, 0.6) is 0 Å². The van der Waals surface area contributed by atoms with Crippen LogP contribution in [-0.4, -0.2) is 62.5 Å². The quantitative estimate of drug-likeness (QED) is 0.560. The summed E-state index contributed by atoms with van der Waals surface area (Å²) in [5.41, 5.74) is 1.78. The molecule has 196 valence electrons. The van der Waals surface area contributed by atoms with E-state index in [9.17, 15) is 18.0 Å². The predicted octanol–water partition coefficient (Wildman–Crippen LogP) is 3.59. The van der Waals surface area contributed by atoms with E-state index in [-0.39, 0.29) is 35.7 Å². The van der Waals surface area contributed by atoms with Crippen LogP contribution in [-0.2, 0) is 26.0 Å². The molecule has 0 aromatic heterocycles. The fourth-order valence-corrected chi connectivity index (χ4v) is 5.97. The highest BCUT2D eigenvalue weighted by Gasteiger charge is 2.47. The normalized spacial score (nSPS) is 18.6. The average molecular weight is 534 g/mol. The number of likely N-dealkylation sites (tertiary alicyclic amines) is 2. The van der Waals surface area contributed by atoms with Crippen LogP contribution >= 0.6 is 12.4 Å². The summed E-state index contributed by atoms with van der Waals surface area (Å²) in [6, 6.07) is 16.9. The Labute approximate surface area is 220 Å². The number of hydrogen-bond acceptors (Lipinski definition) is 5. The van der Waals surface area contributed by atoms with Crippen LogP contribution in [0.1, 0.15) is 49.8 Å². The summed E-state index contributed by atoms with van der Waals surface area (Å²) < 4.78 is 23.4. The van der Waals surface area contributed by atoms with Crippen LogP contribution in [0.4, 0.5) is 0 Å². The molecule has 4 rings (SSSR count). The number of carbonyl (C=O) groups is 2. The molecule has 2 aromatic rings. The van der Waals surface area contributed by atoms with Gasteiger partial charge in [-0.15, -0.1) is 12.4 Å². The summed E-state index contributed by atoms with van der Waals surface area (Å²) in [5.74, 6) is 0.198. The van der Waals surface area contributed by atoms with Crippen molar-refractivity contribution in [3.63, 3.8) is 0 Å². The molecule has 0 aliphatic carbocycles. The zero-order valence-electron chi connectivity index (χ0n) is 21.0. The Hall–Kier alpha value is -2.42. The minimum Gasteiger partial charge on any atom is -0.349 e. The molecular weight excluding hydrogens is 498 g/mol. The van der Waals surface area contributed by atoms with Crippen molar-refractivity contribution >= 4 is 34.1 Å². The molecule has 1 N–H and O–H groups in total. The van der Waals surface area contributed by atoms with Gasteiger partial charge in [-0.1, -0.05) is 42.5 Å². The van der Waals surface area contributed by atoms with E-state index in [1.165, 1.54) is 6.26 Å². The number of sulfone groups is 1. The fourth-order valence-electron chi connectivity index (χ4n) is 5.34. The number of amides is 2. The Balaban J connectivity index is 0.00000361. The van der Waals surface area contributed by atoms with Crippen molar-refractivity contribution in [3.05, 3.63) is 65.7 Å². The number of carbonyl (C=O) groups excluding carboxylic acids is 2. The van der Waals surface area contributed by atoms with Gasteiger partial charge in [0.25, 0.3) is 0 Å². The SMILES string of the molecule is CC(=O)NC(CCN1CCC2(CC1)CCN(Cc1ccc(S(C)(=O)=O)cc1)C2=O)c1ccccc1.Cl. The Morgan fingerprint density at radius 1 is 1.00 bits per heavy atom. The van der Waals surface area contributed by atoms with Crippen LogP contribution in [0, 0.1) is 5.41 Å². The van der Waals surface area contributed by atoms with Crippen LogP contribution < -0.4 is 5.32 Å². The zero-order chi connectivity index (χ0) is 25.1. The standard InChI is InChI=1S/C27H35N3O4S.ClH/c1-21(31)28-25(23-6-4-3-5-7-23)12-16-29-17-13-27(14-18-29)15-19-30(26(27)32)20-22-8-10-24(11-9-22)35(2,33)34;/h3-11,25H,12-20H2,1-2H3,(H,28,31);1H.